The summed E-state index contributed by atoms with van der Waals surface area (Å²) in [7, 11) is -7.49. The SMILES string of the molecule is O=S(=O)(c1ccc(Cl)cc1)c1ccc(Oc2ccc(-c3ccc(Oc4ccc(S(=O)(=O)c5ccc(Cl)cc5)cc4)c(-c4ccccc4)c3)cc2-c2ccccc2)cc1. The van der Waals surface area contributed by atoms with Gasteiger partial charge in [0.05, 0.1) is 19.6 Å². The highest BCUT2D eigenvalue weighted by molar-refractivity contribution is 7.91. The van der Waals surface area contributed by atoms with E-state index >= 15 is 0 Å². The van der Waals surface area contributed by atoms with Crippen molar-refractivity contribution in [3.63, 3.8) is 0 Å². The average Bonchev–Trinajstić information content (AvgIpc) is 3.25. The normalized spacial score (nSPS) is 11.6. The molecule has 8 aromatic carbocycles. The lowest BCUT2D eigenvalue weighted by Gasteiger charge is -2.16. The lowest BCUT2D eigenvalue weighted by molar-refractivity contribution is 0.483. The van der Waals surface area contributed by atoms with Gasteiger partial charge in [-0.2, -0.15) is 0 Å². The molecule has 0 atom stereocenters. The van der Waals surface area contributed by atoms with Gasteiger partial charge in [0.1, 0.15) is 23.0 Å². The Morgan fingerprint density at radius 3 is 0.966 bits per heavy atom. The molecule has 0 amide bonds. The standard InChI is InChI=1S/C48H32Cl2O6S2/c49-37-13-21-41(22-14-37)57(51,52)43-25-17-39(18-26-43)55-47-29-11-35(31-45(47)33-7-3-1-4-8-33)36-12-30-48(46(32-36)34-9-5-2-6-10-34)56-40-19-27-44(28-20-40)58(53,54)42-23-15-38(50)16-24-42/h1-32H. The van der Waals surface area contributed by atoms with E-state index in [1.165, 1.54) is 48.5 Å². The predicted octanol–water partition coefficient (Wildman–Crippen LogP) is 13.2. The molecule has 8 rings (SSSR count). The van der Waals surface area contributed by atoms with Crippen LogP contribution in [0.15, 0.2) is 214 Å². The smallest absolute Gasteiger partial charge is 0.206 e. The second kappa shape index (κ2) is 16.4. The topological polar surface area (TPSA) is 86.7 Å². The van der Waals surface area contributed by atoms with E-state index in [-0.39, 0.29) is 19.6 Å². The van der Waals surface area contributed by atoms with Crippen LogP contribution in [0.3, 0.4) is 0 Å². The third-order valence-electron chi connectivity index (χ3n) is 9.43. The van der Waals surface area contributed by atoms with Crippen molar-refractivity contribution in [1.82, 2.24) is 0 Å². The first-order chi connectivity index (χ1) is 28.0. The third-order valence-corrected chi connectivity index (χ3v) is 13.5. The molecule has 0 unspecified atom stereocenters. The fraction of sp³-hybridized carbons (Fsp3) is 0. The van der Waals surface area contributed by atoms with Crippen molar-refractivity contribution < 1.29 is 26.3 Å². The van der Waals surface area contributed by atoms with Crippen LogP contribution in [0.4, 0.5) is 0 Å². The van der Waals surface area contributed by atoms with Gasteiger partial charge in [-0.3, -0.25) is 0 Å². The largest absolute Gasteiger partial charge is 0.457 e. The summed E-state index contributed by atoms with van der Waals surface area (Å²) in [6.45, 7) is 0. The van der Waals surface area contributed by atoms with Gasteiger partial charge in [-0.05, 0) is 144 Å². The Morgan fingerprint density at radius 1 is 0.328 bits per heavy atom. The summed E-state index contributed by atoms with van der Waals surface area (Å²) in [6, 6.07) is 56.5. The number of ether oxygens (including phenoxy) is 2. The first-order valence-corrected chi connectivity index (χ1v) is 21.7. The van der Waals surface area contributed by atoms with E-state index in [1.54, 1.807) is 48.5 Å². The zero-order chi connectivity index (χ0) is 40.3. The van der Waals surface area contributed by atoms with E-state index < -0.39 is 19.7 Å². The van der Waals surface area contributed by atoms with Gasteiger partial charge in [-0.25, -0.2) is 16.8 Å². The van der Waals surface area contributed by atoms with Gasteiger partial charge in [0.15, 0.2) is 0 Å². The Hall–Kier alpha value is -6.16. The first-order valence-electron chi connectivity index (χ1n) is 18.0. The Morgan fingerprint density at radius 2 is 0.638 bits per heavy atom. The number of sulfone groups is 2. The molecule has 8 aromatic rings. The molecule has 0 aliphatic heterocycles. The Labute approximate surface area is 347 Å². The molecule has 6 nitrogen and oxygen atoms in total. The van der Waals surface area contributed by atoms with E-state index in [1.807, 2.05) is 84.9 Å². The zero-order valence-corrected chi connectivity index (χ0v) is 33.6. The van der Waals surface area contributed by atoms with Crippen LogP contribution in [0.2, 0.25) is 10.0 Å². The summed E-state index contributed by atoms with van der Waals surface area (Å²) < 4.78 is 65.8. The van der Waals surface area contributed by atoms with Gasteiger partial charge in [0.2, 0.25) is 19.7 Å². The predicted molar refractivity (Wildman–Crippen MR) is 230 cm³/mol. The van der Waals surface area contributed by atoms with Crippen LogP contribution < -0.4 is 9.47 Å². The van der Waals surface area contributed by atoms with Gasteiger partial charge < -0.3 is 9.47 Å². The van der Waals surface area contributed by atoms with Crippen LogP contribution in [0.1, 0.15) is 0 Å². The summed E-state index contributed by atoms with van der Waals surface area (Å²) in [6.07, 6.45) is 0. The van der Waals surface area contributed by atoms with Gasteiger partial charge in [-0.15, -0.1) is 0 Å². The molecular formula is C48H32Cl2O6S2. The van der Waals surface area contributed by atoms with Crippen LogP contribution in [-0.2, 0) is 19.7 Å². The highest BCUT2D eigenvalue weighted by atomic mass is 35.5. The minimum Gasteiger partial charge on any atom is -0.457 e. The number of halogens is 2. The van der Waals surface area contributed by atoms with Crippen LogP contribution in [-0.4, -0.2) is 16.8 Å². The van der Waals surface area contributed by atoms with Crippen molar-refractivity contribution in [3.05, 3.63) is 204 Å². The lowest BCUT2D eigenvalue weighted by Crippen LogP contribution is -2.01. The molecule has 0 bridgehead atoms. The number of benzene rings is 8. The molecule has 0 heterocycles. The first kappa shape index (κ1) is 38.7. The monoisotopic (exact) mass is 838 g/mol. The fourth-order valence-corrected chi connectivity index (χ4v) is 9.18. The maximum atomic E-state index is 13.2. The Balaban J connectivity index is 1.10. The second-order valence-corrected chi connectivity index (χ2v) is 18.0. The minimum absolute atomic E-state index is 0.140. The van der Waals surface area contributed by atoms with Gasteiger partial charge in [0, 0.05) is 21.2 Å². The molecule has 0 spiro atoms. The molecule has 0 saturated carbocycles. The summed E-state index contributed by atoms with van der Waals surface area (Å²) in [5.74, 6) is 2.13. The van der Waals surface area contributed by atoms with Crippen molar-refractivity contribution >= 4 is 42.9 Å². The molecule has 0 aromatic heterocycles. The van der Waals surface area contributed by atoms with Crippen molar-refractivity contribution in [2.75, 3.05) is 0 Å². The van der Waals surface area contributed by atoms with Crippen molar-refractivity contribution in [1.29, 1.82) is 0 Å². The summed E-state index contributed by atoms with van der Waals surface area (Å²) in [5, 5.41) is 0.911. The van der Waals surface area contributed by atoms with E-state index in [0.717, 1.165) is 33.4 Å². The Bertz CT molecular complexity index is 2730. The van der Waals surface area contributed by atoms with Crippen molar-refractivity contribution in [3.8, 4) is 56.4 Å². The molecule has 0 saturated heterocycles. The highest BCUT2D eigenvalue weighted by Gasteiger charge is 2.20. The van der Waals surface area contributed by atoms with E-state index in [9.17, 15) is 16.8 Å². The maximum Gasteiger partial charge on any atom is 0.206 e. The quantitative estimate of drug-likeness (QED) is 0.129. The van der Waals surface area contributed by atoms with Crippen LogP contribution >= 0.6 is 23.2 Å². The fourth-order valence-electron chi connectivity index (χ4n) is 6.41. The average molecular weight is 840 g/mol. The number of hydrogen-bond acceptors (Lipinski definition) is 6. The van der Waals surface area contributed by atoms with Crippen LogP contribution in [0.5, 0.6) is 23.0 Å². The molecule has 10 heteroatoms. The maximum absolute atomic E-state index is 13.2. The van der Waals surface area contributed by atoms with Crippen LogP contribution in [0.25, 0.3) is 33.4 Å². The molecule has 0 fully saturated rings. The molecule has 286 valence electrons. The summed E-state index contributed by atoms with van der Waals surface area (Å²) in [4.78, 5) is 0.586. The van der Waals surface area contributed by atoms with E-state index in [2.05, 4.69) is 12.1 Å². The number of hydrogen-bond donors (Lipinski definition) is 0. The zero-order valence-electron chi connectivity index (χ0n) is 30.5. The summed E-state index contributed by atoms with van der Waals surface area (Å²) >= 11 is 11.9. The van der Waals surface area contributed by atoms with Crippen molar-refractivity contribution in [2.24, 2.45) is 0 Å². The molecule has 0 radical (unpaired) electrons. The van der Waals surface area contributed by atoms with Gasteiger partial charge >= 0.3 is 0 Å². The highest BCUT2D eigenvalue weighted by Crippen LogP contribution is 2.41. The second-order valence-electron chi connectivity index (χ2n) is 13.2. The minimum atomic E-state index is -3.74. The van der Waals surface area contributed by atoms with Crippen molar-refractivity contribution in [2.45, 2.75) is 19.6 Å². The Kier molecular flexibility index (Phi) is 10.9. The van der Waals surface area contributed by atoms with E-state index in [4.69, 9.17) is 32.7 Å². The van der Waals surface area contributed by atoms with Gasteiger partial charge in [0.25, 0.3) is 0 Å². The lowest BCUT2D eigenvalue weighted by atomic mass is 9.95. The third kappa shape index (κ3) is 8.28. The van der Waals surface area contributed by atoms with E-state index in [0.29, 0.717) is 33.0 Å². The van der Waals surface area contributed by atoms with Crippen LogP contribution in [0, 0.1) is 0 Å². The molecule has 0 aliphatic rings. The molecular weight excluding hydrogens is 808 g/mol. The number of rotatable bonds is 11. The molecule has 0 aliphatic carbocycles. The van der Waals surface area contributed by atoms with Gasteiger partial charge in [-0.1, -0.05) is 96.0 Å². The summed E-state index contributed by atoms with van der Waals surface area (Å²) in [5.41, 5.74) is 5.40. The molecule has 0 N–H and O–H groups in total. The molecule has 58 heavy (non-hydrogen) atoms.